The number of hydrogen-bond acceptors (Lipinski definition) is 0. The smallest absolute Gasteiger partial charge is 0.236 e. The quantitative estimate of drug-likeness (QED) is 0.400. The SMILES string of the molecule is FC(F)C(F)C(F)(I)I. The van der Waals surface area contributed by atoms with Crippen LogP contribution in [-0.4, -0.2) is 14.3 Å². The molecule has 6 heteroatoms. The molecule has 0 spiro atoms. The molecule has 1 unspecified atom stereocenters. The van der Waals surface area contributed by atoms with E-state index in [0.29, 0.717) is 0 Å². The Morgan fingerprint density at radius 1 is 1.11 bits per heavy atom. The van der Waals surface area contributed by atoms with Crippen LogP contribution in [0.3, 0.4) is 0 Å². The molecule has 0 radical (unpaired) electrons. The molecule has 1 atom stereocenters. The van der Waals surface area contributed by atoms with E-state index >= 15 is 0 Å². The molecular weight excluding hydrogens is 366 g/mol. The first-order chi connectivity index (χ1) is 3.85. The molecule has 0 N–H and O–H groups in total. The monoisotopic (exact) mass is 368 g/mol. The van der Waals surface area contributed by atoms with Crippen LogP contribution in [0.4, 0.5) is 17.6 Å². The molecular formula is C3H2F4I2. The molecule has 9 heavy (non-hydrogen) atoms. The molecule has 0 fully saturated rings. The molecule has 0 heterocycles. The molecule has 0 bridgehead atoms. The van der Waals surface area contributed by atoms with Crippen LogP contribution < -0.4 is 0 Å². The summed E-state index contributed by atoms with van der Waals surface area (Å²) in [5.74, 6) is 0. The fraction of sp³-hybridized carbons (Fsp3) is 1.00. The molecule has 0 aliphatic heterocycles. The van der Waals surface area contributed by atoms with Gasteiger partial charge in [0.2, 0.25) is 7.85 Å². The van der Waals surface area contributed by atoms with Crippen LogP contribution in [0.5, 0.6) is 0 Å². The fourth-order valence-corrected chi connectivity index (χ4v) is 0.686. The number of rotatable bonds is 2. The van der Waals surface area contributed by atoms with Crippen molar-refractivity contribution in [3.05, 3.63) is 0 Å². The minimum atomic E-state index is -3.25. The van der Waals surface area contributed by atoms with Crippen molar-refractivity contribution in [2.75, 3.05) is 0 Å². The fourth-order valence-electron chi connectivity index (χ4n) is 0.143. The predicted octanol–water partition coefficient (Wildman–Crippen LogP) is 3.08. The van der Waals surface area contributed by atoms with Gasteiger partial charge < -0.3 is 0 Å². The lowest BCUT2D eigenvalue weighted by molar-refractivity contribution is 0.0274. The molecule has 0 rings (SSSR count). The highest BCUT2D eigenvalue weighted by Crippen LogP contribution is 2.37. The number of hydrogen-bond donors (Lipinski definition) is 0. The average Bonchev–Trinajstić information content (AvgIpc) is 1.62. The minimum Gasteiger partial charge on any atom is -0.236 e. The maximum atomic E-state index is 12.2. The Morgan fingerprint density at radius 2 is 1.44 bits per heavy atom. The maximum absolute atomic E-state index is 12.2. The summed E-state index contributed by atoms with van der Waals surface area (Å²) in [5.41, 5.74) is 0. The lowest BCUT2D eigenvalue weighted by Crippen LogP contribution is -2.27. The third-order valence-corrected chi connectivity index (χ3v) is 1.72. The Labute approximate surface area is 76.7 Å². The molecule has 0 saturated carbocycles. The van der Waals surface area contributed by atoms with Gasteiger partial charge >= 0.3 is 0 Å². The van der Waals surface area contributed by atoms with Gasteiger partial charge in [-0.25, -0.2) is 17.6 Å². The predicted molar refractivity (Wildman–Crippen MR) is 42.8 cm³/mol. The van der Waals surface area contributed by atoms with E-state index in [4.69, 9.17) is 0 Å². The van der Waals surface area contributed by atoms with Crippen molar-refractivity contribution < 1.29 is 17.6 Å². The first-order valence-electron chi connectivity index (χ1n) is 1.84. The molecule has 0 aromatic rings. The highest BCUT2D eigenvalue weighted by atomic mass is 127. The molecule has 0 nitrogen and oxygen atoms in total. The van der Waals surface area contributed by atoms with Gasteiger partial charge in [0.15, 0.2) is 0 Å². The van der Waals surface area contributed by atoms with Gasteiger partial charge in [0, 0.05) is 0 Å². The van der Waals surface area contributed by atoms with Crippen LogP contribution in [0.15, 0.2) is 0 Å². The van der Waals surface area contributed by atoms with Gasteiger partial charge in [-0.3, -0.25) is 0 Å². The van der Waals surface area contributed by atoms with Crippen molar-refractivity contribution in [3.63, 3.8) is 0 Å². The molecule has 0 aliphatic carbocycles. The zero-order chi connectivity index (χ0) is 7.65. The van der Waals surface area contributed by atoms with Crippen LogP contribution in [0.25, 0.3) is 0 Å². The molecule has 0 aliphatic rings. The highest BCUT2D eigenvalue weighted by Gasteiger charge is 2.40. The largest absolute Gasteiger partial charge is 0.274 e. The van der Waals surface area contributed by atoms with Crippen LogP contribution in [-0.2, 0) is 0 Å². The summed E-state index contributed by atoms with van der Waals surface area (Å²) < 4.78 is 44.1. The van der Waals surface area contributed by atoms with Gasteiger partial charge in [0.1, 0.15) is 0 Å². The van der Waals surface area contributed by atoms with Crippen molar-refractivity contribution >= 4 is 45.2 Å². The van der Waals surface area contributed by atoms with Gasteiger partial charge in [-0.05, 0) is 45.2 Å². The van der Waals surface area contributed by atoms with Crippen molar-refractivity contribution in [2.24, 2.45) is 0 Å². The van der Waals surface area contributed by atoms with Gasteiger partial charge in [0.25, 0.3) is 6.43 Å². The minimum absolute atomic E-state index is 0.983. The third kappa shape index (κ3) is 3.79. The zero-order valence-corrected chi connectivity index (χ0v) is 8.24. The summed E-state index contributed by atoms with van der Waals surface area (Å²) in [6.07, 6.45) is -5.96. The lowest BCUT2D eigenvalue weighted by atomic mass is 10.4. The Balaban J connectivity index is 3.88. The Morgan fingerprint density at radius 3 is 1.44 bits per heavy atom. The van der Waals surface area contributed by atoms with E-state index in [0.717, 1.165) is 45.2 Å². The summed E-state index contributed by atoms with van der Waals surface area (Å²) >= 11 is 1.97. The molecule has 0 aromatic heterocycles. The Bertz CT molecular complexity index is 88.3. The first kappa shape index (κ1) is 10.2. The van der Waals surface area contributed by atoms with Crippen LogP contribution in [0.1, 0.15) is 0 Å². The van der Waals surface area contributed by atoms with Gasteiger partial charge in [-0.15, -0.1) is 0 Å². The Kier molecular flexibility index (Phi) is 4.00. The molecule has 0 saturated heterocycles. The second-order valence-corrected chi connectivity index (χ2v) is 6.48. The molecule has 56 valence electrons. The summed E-state index contributed by atoms with van der Waals surface area (Å²) in [7, 11) is 0. The van der Waals surface area contributed by atoms with Crippen molar-refractivity contribution in [3.8, 4) is 0 Å². The lowest BCUT2D eigenvalue weighted by Gasteiger charge is -2.13. The van der Waals surface area contributed by atoms with E-state index < -0.39 is 14.3 Å². The topological polar surface area (TPSA) is 0 Å². The van der Waals surface area contributed by atoms with E-state index in [1.165, 1.54) is 0 Å². The summed E-state index contributed by atoms with van der Waals surface area (Å²) in [6, 6.07) is 0. The van der Waals surface area contributed by atoms with Crippen LogP contribution in [0.2, 0.25) is 0 Å². The average molecular weight is 368 g/mol. The van der Waals surface area contributed by atoms with E-state index in [1.807, 2.05) is 0 Å². The van der Waals surface area contributed by atoms with Crippen molar-refractivity contribution in [1.82, 2.24) is 0 Å². The number of halogens is 6. The normalized spacial score (nSPS) is 16.3. The van der Waals surface area contributed by atoms with E-state index in [2.05, 4.69) is 0 Å². The van der Waals surface area contributed by atoms with Gasteiger partial charge in [-0.1, -0.05) is 0 Å². The van der Waals surface area contributed by atoms with Crippen LogP contribution >= 0.6 is 45.2 Å². The summed E-state index contributed by atoms with van der Waals surface area (Å²) in [4.78, 5) is 0. The second kappa shape index (κ2) is 3.54. The highest BCUT2D eigenvalue weighted by molar-refractivity contribution is 14.2. The van der Waals surface area contributed by atoms with E-state index in [-0.39, 0.29) is 0 Å². The van der Waals surface area contributed by atoms with Crippen LogP contribution in [0, 0.1) is 0 Å². The Hall–Kier alpha value is 1.18. The molecule has 0 aromatic carbocycles. The summed E-state index contributed by atoms with van der Waals surface area (Å²) in [6.45, 7) is 0. The first-order valence-corrected chi connectivity index (χ1v) is 4.00. The number of alkyl halides is 6. The standard InChI is InChI=1S/C3H2F4I2/c4-1(2(5)6)3(7,8)9/h1-2H. The summed E-state index contributed by atoms with van der Waals surface area (Å²) in [5, 5.41) is 0. The third-order valence-electron chi connectivity index (χ3n) is 0.534. The van der Waals surface area contributed by atoms with Gasteiger partial charge in [0.05, 0.1) is 0 Å². The van der Waals surface area contributed by atoms with Crippen molar-refractivity contribution in [2.45, 2.75) is 14.3 Å². The van der Waals surface area contributed by atoms with Gasteiger partial charge in [-0.2, -0.15) is 0 Å². The van der Waals surface area contributed by atoms with Crippen molar-refractivity contribution in [1.29, 1.82) is 0 Å². The zero-order valence-electron chi connectivity index (χ0n) is 3.92. The van der Waals surface area contributed by atoms with E-state index in [9.17, 15) is 17.6 Å². The molecule has 0 amide bonds. The van der Waals surface area contributed by atoms with E-state index in [1.54, 1.807) is 0 Å². The second-order valence-electron chi connectivity index (χ2n) is 1.28. The maximum Gasteiger partial charge on any atom is 0.274 e.